The highest BCUT2D eigenvalue weighted by molar-refractivity contribution is 6.06. The molecule has 0 aliphatic carbocycles. The van der Waals surface area contributed by atoms with Crippen molar-refractivity contribution in [1.82, 2.24) is 9.80 Å². The number of rotatable bonds is 2. The maximum atomic E-state index is 11.3. The average Bonchev–Trinajstić information content (AvgIpc) is 2.10. The Balaban J connectivity index is 2.80. The Kier molecular flexibility index (Phi) is 2.55. The third-order valence-corrected chi connectivity index (χ3v) is 1.87. The van der Waals surface area contributed by atoms with Crippen molar-refractivity contribution in [3.05, 3.63) is 12.2 Å². The van der Waals surface area contributed by atoms with Crippen molar-refractivity contribution in [2.45, 2.75) is 0 Å². The predicted octanol–water partition coefficient (Wildman–Crippen LogP) is -0.479. The second kappa shape index (κ2) is 3.49. The maximum absolute atomic E-state index is 11.3. The van der Waals surface area contributed by atoms with E-state index < -0.39 is 24.5 Å². The molecule has 14 heavy (non-hydrogen) atoms. The van der Waals surface area contributed by atoms with E-state index in [0.717, 1.165) is 9.80 Å². The fourth-order valence-corrected chi connectivity index (χ4v) is 1.19. The number of hydrogen-bond acceptors (Lipinski definition) is 3. The monoisotopic (exact) mass is 198 g/mol. The van der Waals surface area contributed by atoms with Crippen LogP contribution in [-0.4, -0.2) is 53.0 Å². The number of carbonyl (C=O) groups is 3. The van der Waals surface area contributed by atoms with E-state index in [4.69, 9.17) is 5.11 Å². The van der Waals surface area contributed by atoms with Gasteiger partial charge in [-0.1, -0.05) is 6.58 Å². The Morgan fingerprint density at radius 1 is 1.57 bits per heavy atom. The third kappa shape index (κ3) is 1.73. The van der Waals surface area contributed by atoms with Crippen LogP contribution in [0.25, 0.3) is 0 Å². The van der Waals surface area contributed by atoms with Gasteiger partial charge in [0.25, 0.3) is 5.91 Å². The minimum Gasteiger partial charge on any atom is -0.480 e. The first-order valence-corrected chi connectivity index (χ1v) is 3.90. The van der Waals surface area contributed by atoms with Crippen molar-refractivity contribution in [3.63, 3.8) is 0 Å². The van der Waals surface area contributed by atoms with Crippen molar-refractivity contribution < 1.29 is 19.5 Å². The second-order valence-corrected chi connectivity index (χ2v) is 3.00. The van der Waals surface area contributed by atoms with Crippen LogP contribution in [-0.2, 0) is 9.59 Å². The molecule has 0 radical (unpaired) electrons. The van der Waals surface area contributed by atoms with Crippen LogP contribution in [0.2, 0.25) is 0 Å². The first kappa shape index (κ1) is 10.2. The van der Waals surface area contributed by atoms with Crippen LogP contribution in [0.5, 0.6) is 0 Å². The van der Waals surface area contributed by atoms with Gasteiger partial charge in [-0.3, -0.25) is 14.5 Å². The number of nitrogens with zero attached hydrogens (tertiary/aromatic N) is 2. The van der Waals surface area contributed by atoms with Gasteiger partial charge in [0.1, 0.15) is 6.54 Å². The van der Waals surface area contributed by atoms with Gasteiger partial charge < -0.3 is 10.0 Å². The van der Waals surface area contributed by atoms with Crippen molar-refractivity contribution in [3.8, 4) is 0 Å². The van der Waals surface area contributed by atoms with Gasteiger partial charge in [0, 0.05) is 12.6 Å². The summed E-state index contributed by atoms with van der Waals surface area (Å²) in [7, 11) is 1.30. The van der Waals surface area contributed by atoms with Crippen LogP contribution in [0.15, 0.2) is 12.2 Å². The van der Waals surface area contributed by atoms with Crippen LogP contribution in [0.4, 0.5) is 4.79 Å². The molecule has 0 aromatic rings. The van der Waals surface area contributed by atoms with E-state index in [-0.39, 0.29) is 12.1 Å². The molecule has 1 saturated heterocycles. The lowest BCUT2D eigenvalue weighted by Gasteiger charge is -2.31. The van der Waals surface area contributed by atoms with E-state index in [1.165, 1.54) is 7.05 Å². The largest absolute Gasteiger partial charge is 0.480 e. The fraction of sp³-hybridized carbons (Fsp3) is 0.375. The van der Waals surface area contributed by atoms with Gasteiger partial charge >= 0.3 is 12.0 Å². The molecule has 1 heterocycles. The predicted molar refractivity (Wildman–Crippen MR) is 46.5 cm³/mol. The zero-order valence-corrected chi connectivity index (χ0v) is 7.69. The molecule has 1 aliphatic heterocycles. The van der Waals surface area contributed by atoms with E-state index in [0.29, 0.717) is 0 Å². The smallest absolute Gasteiger partial charge is 0.327 e. The lowest BCUT2D eigenvalue weighted by Crippen LogP contribution is -2.52. The standard InChI is InChI=1S/C8H10N2O4/c1-5-3-10(4-6(11)12)8(14)9(2)7(5)13/h1,3-4H2,2H3,(H,11,12). The number of carbonyl (C=O) groups excluding carboxylic acids is 2. The highest BCUT2D eigenvalue weighted by Crippen LogP contribution is 2.11. The molecular formula is C8H10N2O4. The highest BCUT2D eigenvalue weighted by atomic mass is 16.4. The van der Waals surface area contributed by atoms with Gasteiger partial charge in [-0.25, -0.2) is 4.79 Å². The summed E-state index contributed by atoms with van der Waals surface area (Å²) in [5.74, 6) is -1.58. The van der Waals surface area contributed by atoms with Crippen LogP contribution < -0.4 is 0 Å². The summed E-state index contributed by atoms with van der Waals surface area (Å²) in [4.78, 5) is 34.8. The average molecular weight is 198 g/mol. The maximum Gasteiger partial charge on any atom is 0.327 e. The van der Waals surface area contributed by atoms with E-state index in [2.05, 4.69) is 6.58 Å². The number of carboxylic acids is 1. The summed E-state index contributed by atoms with van der Waals surface area (Å²) in [6, 6.07) is -0.607. The van der Waals surface area contributed by atoms with E-state index in [9.17, 15) is 14.4 Å². The molecule has 76 valence electrons. The SMILES string of the molecule is C=C1CN(CC(=O)O)C(=O)N(C)C1=O. The molecule has 6 nitrogen and oxygen atoms in total. The zero-order valence-electron chi connectivity index (χ0n) is 7.69. The topological polar surface area (TPSA) is 77.9 Å². The summed E-state index contributed by atoms with van der Waals surface area (Å²) in [6.45, 7) is 3.02. The molecule has 6 heteroatoms. The third-order valence-electron chi connectivity index (χ3n) is 1.87. The molecule has 1 fully saturated rings. The number of urea groups is 1. The molecule has 1 aliphatic rings. The number of imide groups is 1. The molecule has 0 atom stereocenters. The summed E-state index contributed by atoms with van der Waals surface area (Å²) >= 11 is 0. The molecule has 0 spiro atoms. The van der Waals surface area contributed by atoms with Gasteiger partial charge in [0.15, 0.2) is 0 Å². The molecule has 0 unspecified atom stereocenters. The van der Waals surface area contributed by atoms with Gasteiger partial charge in [-0.05, 0) is 0 Å². The van der Waals surface area contributed by atoms with Gasteiger partial charge in [0.2, 0.25) is 0 Å². The summed E-state index contributed by atoms with van der Waals surface area (Å²) in [5.41, 5.74) is 0.216. The molecule has 1 N–H and O–H groups in total. The molecule has 0 aromatic carbocycles. The van der Waals surface area contributed by atoms with Crippen molar-refractivity contribution >= 4 is 17.9 Å². The van der Waals surface area contributed by atoms with E-state index >= 15 is 0 Å². The van der Waals surface area contributed by atoms with Gasteiger partial charge in [-0.15, -0.1) is 0 Å². The van der Waals surface area contributed by atoms with Crippen molar-refractivity contribution in [2.75, 3.05) is 20.1 Å². The number of hydrogen-bond donors (Lipinski definition) is 1. The first-order chi connectivity index (χ1) is 6.43. The Labute approximate surface area is 80.4 Å². The lowest BCUT2D eigenvalue weighted by molar-refractivity contribution is -0.138. The van der Waals surface area contributed by atoms with Crippen LogP contribution in [0, 0.1) is 0 Å². The minimum atomic E-state index is -1.12. The molecule has 3 amide bonds. The Morgan fingerprint density at radius 3 is 2.64 bits per heavy atom. The molecule has 0 aromatic heterocycles. The van der Waals surface area contributed by atoms with E-state index in [1.54, 1.807) is 0 Å². The summed E-state index contributed by atoms with van der Waals surface area (Å²) < 4.78 is 0. The number of carboxylic acid groups (broad SMARTS) is 1. The Hall–Kier alpha value is -1.85. The molecule has 0 saturated carbocycles. The number of likely N-dealkylation sites (N-methyl/N-ethyl adjacent to an activating group) is 1. The molecule has 0 bridgehead atoms. The van der Waals surface area contributed by atoms with Crippen molar-refractivity contribution in [1.29, 1.82) is 0 Å². The second-order valence-electron chi connectivity index (χ2n) is 3.00. The molecular weight excluding hydrogens is 188 g/mol. The normalized spacial score (nSPS) is 17.6. The fourth-order valence-electron chi connectivity index (χ4n) is 1.19. The van der Waals surface area contributed by atoms with E-state index in [1.807, 2.05) is 0 Å². The van der Waals surface area contributed by atoms with Gasteiger partial charge in [-0.2, -0.15) is 0 Å². The Morgan fingerprint density at radius 2 is 2.14 bits per heavy atom. The molecule has 1 rings (SSSR count). The first-order valence-electron chi connectivity index (χ1n) is 3.90. The van der Waals surface area contributed by atoms with Gasteiger partial charge in [0.05, 0.1) is 6.54 Å². The van der Waals surface area contributed by atoms with Crippen LogP contribution >= 0.6 is 0 Å². The summed E-state index contributed by atoms with van der Waals surface area (Å²) in [5, 5.41) is 8.49. The summed E-state index contributed by atoms with van der Waals surface area (Å²) in [6.07, 6.45) is 0. The highest BCUT2D eigenvalue weighted by Gasteiger charge is 2.32. The quantitative estimate of drug-likeness (QED) is 0.608. The number of aliphatic carboxylic acids is 1. The zero-order chi connectivity index (χ0) is 10.9. The number of amides is 3. The Bertz CT molecular complexity index is 323. The van der Waals surface area contributed by atoms with Crippen molar-refractivity contribution in [2.24, 2.45) is 0 Å². The lowest BCUT2D eigenvalue weighted by atomic mass is 10.2. The van der Waals surface area contributed by atoms with Crippen LogP contribution in [0.3, 0.4) is 0 Å². The minimum absolute atomic E-state index is 0.0195. The van der Waals surface area contributed by atoms with Crippen LogP contribution in [0.1, 0.15) is 0 Å².